The Labute approximate surface area is 165 Å². The number of nitrogens with one attached hydrogen (secondary N) is 1. The molecule has 0 atom stereocenters. The Morgan fingerprint density at radius 1 is 1.21 bits per heavy atom. The van der Waals surface area contributed by atoms with Crippen molar-refractivity contribution in [2.45, 2.75) is 6.54 Å². The van der Waals surface area contributed by atoms with E-state index in [-0.39, 0.29) is 18.3 Å². The van der Waals surface area contributed by atoms with Gasteiger partial charge in [-0.3, -0.25) is 9.78 Å². The lowest BCUT2D eigenvalue weighted by molar-refractivity contribution is -0.113. The maximum absolute atomic E-state index is 14.0. The van der Waals surface area contributed by atoms with Crippen molar-refractivity contribution in [3.63, 3.8) is 0 Å². The zero-order chi connectivity index (χ0) is 19.5. The molecule has 0 bridgehead atoms. The number of hydrogen-bond donors (Lipinski definition) is 1. The zero-order valence-corrected chi connectivity index (χ0v) is 15.8. The number of amides is 1. The smallest absolute Gasteiger partial charge is 0.286 e. The number of aliphatic imine (C=N–C) groups is 1. The minimum absolute atomic E-state index is 0.171. The van der Waals surface area contributed by atoms with E-state index in [0.717, 1.165) is 16.5 Å². The van der Waals surface area contributed by atoms with Gasteiger partial charge in [-0.05, 0) is 53.7 Å². The molecule has 3 aromatic rings. The van der Waals surface area contributed by atoms with E-state index in [0.29, 0.717) is 21.4 Å². The average molecular weight is 393 g/mol. The maximum Gasteiger partial charge on any atom is 0.286 e. The number of ether oxygens (including phenoxy) is 1. The molecule has 1 aliphatic rings. The average Bonchev–Trinajstić information content (AvgIpc) is 3.06. The highest BCUT2D eigenvalue weighted by molar-refractivity contribution is 8.18. The maximum atomic E-state index is 14.0. The van der Waals surface area contributed by atoms with Crippen LogP contribution in [-0.4, -0.2) is 23.2 Å². The van der Waals surface area contributed by atoms with Crippen LogP contribution in [0.4, 0.5) is 4.39 Å². The van der Waals surface area contributed by atoms with Crippen molar-refractivity contribution in [1.29, 1.82) is 0 Å². The molecule has 28 heavy (non-hydrogen) atoms. The van der Waals surface area contributed by atoms with Gasteiger partial charge in [-0.25, -0.2) is 4.39 Å². The van der Waals surface area contributed by atoms with Crippen molar-refractivity contribution < 1.29 is 13.9 Å². The Balaban J connectivity index is 1.49. The first-order chi connectivity index (χ1) is 13.6. The third kappa shape index (κ3) is 3.75. The van der Waals surface area contributed by atoms with Crippen LogP contribution >= 0.6 is 11.8 Å². The normalized spacial score (nSPS) is 15.1. The Kier molecular flexibility index (Phi) is 5.08. The molecule has 0 saturated carbocycles. The Hall–Kier alpha value is -3.19. The number of halogens is 1. The molecule has 1 aliphatic heterocycles. The number of carbonyl (C=O) groups is 1. The van der Waals surface area contributed by atoms with E-state index in [1.807, 2.05) is 30.3 Å². The standard InChI is InChI=1S/C21H16FN3O2S/c1-27-18-6-2-5-16(22)15(18)12-24-21-25-20(26)19(28-21)11-13-7-8-17-14(10-13)4-3-9-23-17/h2-11H,12H2,1H3,(H,24,25,26)/b19-11-. The highest BCUT2D eigenvalue weighted by atomic mass is 32.2. The summed E-state index contributed by atoms with van der Waals surface area (Å²) in [4.78, 5) is 21.0. The lowest BCUT2D eigenvalue weighted by Gasteiger charge is -2.10. The molecule has 4 rings (SSSR count). The summed E-state index contributed by atoms with van der Waals surface area (Å²) in [5, 5.41) is 4.44. The van der Waals surface area contributed by atoms with E-state index in [1.165, 1.54) is 24.9 Å². The number of aromatic nitrogens is 1. The monoisotopic (exact) mass is 393 g/mol. The summed E-state index contributed by atoms with van der Waals surface area (Å²) in [6.45, 7) is 0.171. The van der Waals surface area contributed by atoms with Crippen molar-refractivity contribution in [3.8, 4) is 5.75 Å². The van der Waals surface area contributed by atoms with Crippen molar-refractivity contribution in [2.75, 3.05) is 7.11 Å². The fourth-order valence-corrected chi connectivity index (χ4v) is 3.69. The van der Waals surface area contributed by atoms with Crippen LogP contribution in [0.5, 0.6) is 5.75 Å². The van der Waals surface area contributed by atoms with Gasteiger partial charge in [-0.1, -0.05) is 18.2 Å². The molecule has 2 aromatic carbocycles. The van der Waals surface area contributed by atoms with Gasteiger partial charge in [0.15, 0.2) is 5.17 Å². The van der Waals surface area contributed by atoms with E-state index >= 15 is 0 Å². The number of amidine groups is 1. The number of benzene rings is 2. The molecular formula is C21H16FN3O2S. The molecule has 7 heteroatoms. The SMILES string of the molecule is COc1cccc(F)c1CNC1=NC(=O)/C(=C/c2ccc3ncccc3c2)S1. The first kappa shape index (κ1) is 18.2. The van der Waals surface area contributed by atoms with Gasteiger partial charge in [0.2, 0.25) is 0 Å². The van der Waals surface area contributed by atoms with Crippen LogP contribution in [0.2, 0.25) is 0 Å². The molecule has 1 amide bonds. The van der Waals surface area contributed by atoms with Crippen molar-refractivity contribution >= 4 is 39.8 Å². The lowest BCUT2D eigenvalue weighted by atomic mass is 10.1. The van der Waals surface area contributed by atoms with Gasteiger partial charge in [0.1, 0.15) is 11.6 Å². The molecule has 5 nitrogen and oxygen atoms in total. The summed E-state index contributed by atoms with van der Waals surface area (Å²) in [5.74, 6) is -0.246. The Morgan fingerprint density at radius 2 is 2.11 bits per heavy atom. The van der Waals surface area contributed by atoms with Gasteiger partial charge < -0.3 is 10.1 Å². The molecule has 140 valence electrons. The van der Waals surface area contributed by atoms with E-state index in [4.69, 9.17) is 4.74 Å². The van der Waals surface area contributed by atoms with Crippen LogP contribution in [0.3, 0.4) is 0 Å². The number of fused-ring (bicyclic) bond motifs is 1. The molecule has 0 saturated heterocycles. The van der Waals surface area contributed by atoms with Crippen LogP contribution in [0.15, 0.2) is 64.6 Å². The van der Waals surface area contributed by atoms with Crippen molar-refractivity contribution in [3.05, 3.63) is 76.6 Å². The van der Waals surface area contributed by atoms with Crippen LogP contribution in [-0.2, 0) is 11.3 Å². The van der Waals surface area contributed by atoms with Crippen LogP contribution < -0.4 is 10.1 Å². The minimum atomic E-state index is -0.373. The summed E-state index contributed by atoms with van der Waals surface area (Å²) in [6, 6.07) is 14.3. The minimum Gasteiger partial charge on any atom is -0.496 e. The van der Waals surface area contributed by atoms with Gasteiger partial charge in [-0.15, -0.1) is 0 Å². The summed E-state index contributed by atoms with van der Waals surface area (Å²) in [5.41, 5.74) is 2.18. The van der Waals surface area contributed by atoms with E-state index in [2.05, 4.69) is 15.3 Å². The van der Waals surface area contributed by atoms with E-state index in [1.54, 1.807) is 24.4 Å². The van der Waals surface area contributed by atoms with Crippen molar-refractivity contribution in [2.24, 2.45) is 4.99 Å². The lowest BCUT2D eigenvalue weighted by Crippen LogP contribution is -2.19. The third-order valence-corrected chi connectivity index (χ3v) is 5.20. The number of carbonyl (C=O) groups excluding carboxylic acids is 1. The van der Waals surface area contributed by atoms with Gasteiger partial charge in [0, 0.05) is 23.7 Å². The molecule has 0 fully saturated rings. The van der Waals surface area contributed by atoms with Gasteiger partial charge >= 0.3 is 0 Å². The second-order valence-electron chi connectivity index (χ2n) is 6.06. The highest BCUT2D eigenvalue weighted by Gasteiger charge is 2.22. The van der Waals surface area contributed by atoms with Crippen LogP contribution in [0.1, 0.15) is 11.1 Å². The summed E-state index contributed by atoms with van der Waals surface area (Å²) >= 11 is 1.23. The first-order valence-corrected chi connectivity index (χ1v) is 9.38. The number of rotatable bonds is 4. The molecule has 1 aromatic heterocycles. The Morgan fingerprint density at radius 3 is 2.96 bits per heavy atom. The molecule has 1 N–H and O–H groups in total. The summed E-state index contributed by atoms with van der Waals surface area (Å²) in [7, 11) is 1.49. The molecule has 0 spiro atoms. The van der Waals surface area contributed by atoms with Crippen molar-refractivity contribution in [1.82, 2.24) is 10.3 Å². The largest absolute Gasteiger partial charge is 0.496 e. The Bertz CT molecular complexity index is 1130. The number of methoxy groups -OCH3 is 1. The molecule has 0 unspecified atom stereocenters. The van der Waals surface area contributed by atoms with Gasteiger partial charge in [0.05, 0.1) is 17.5 Å². The molecule has 0 aliphatic carbocycles. The second kappa shape index (κ2) is 7.82. The topological polar surface area (TPSA) is 63.6 Å². The van der Waals surface area contributed by atoms with Gasteiger partial charge in [-0.2, -0.15) is 4.99 Å². The van der Waals surface area contributed by atoms with Crippen LogP contribution in [0, 0.1) is 5.82 Å². The number of thioether (sulfide) groups is 1. The first-order valence-electron chi connectivity index (χ1n) is 8.56. The summed E-state index contributed by atoms with van der Waals surface area (Å²) in [6.07, 6.45) is 3.54. The number of nitrogens with zero attached hydrogens (tertiary/aromatic N) is 2. The molecular weight excluding hydrogens is 377 g/mol. The zero-order valence-electron chi connectivity index (χ0n) is 15.0. The predicted molar refractivity (Wildman–Crippen MR) is 110 cm³/mol. The number of pyridine rings is 1. The summed E-state index contributed by atoms with van der Waals surface area (Å²) < 4.78 is 19.2. The van der Waals surface area contributed by atoms with Crippen LogP contribution in [0.25, 0.3) is 17.0 Å². The molecule has 0 radical (unpaired) electrons. The van der Waals surface area contributed by atoms with Gasteiger partial charge in [0.25, 0.3) is 5.91 Å². The third-order valence-electron chi connectivity index (χ3n) is 4.26. The van der Waals surface area contributed by atoms with E-state index in [9.17, 15) is 9.18 Å². The fourth-order valence-electron chi connectivity index (χ4n) is 2.89. The fraction of sp³-hybridized carbons (Fsp3) is 0.0952. The highest BCUT2D eigenvalue weighted by Crippen LogP contribution is 2.29. The quantitative estimate of drug-likeness (QED) is 0.675. The van der Waals surface area contributed by atoms with E-state index < -0.39 is 0 Å². The molecule has 2 heterocycles. The second-order valence-corrected chi connectivity index (χ2v) is 7.09. The number of hydrogen-bond acceptors (Lipinski definition) is 5. The predicted octanol–water partition coefficient (Wildman–Crippen LogP) is 4.14.